The van der Waals surface area contributed by atoms with E-state index in [0.29, 0.717) is 0 Å². The highest BCUT2D eigenvalue weighted by Gasteiger charge is 1.88. The van der Waals surface area contributed by atoms with Gasteiger partial charge in [0.15, 0.2) is 0 Å². The van der Waals surface area contributed by atoms with Crippen molar-refractivity contribution in [3.8, 4) is 0 Å². The number of nitrogens with zero attached hydrogens (tertiary/aromatic N) is 1. The van der Waals surface area contributed by atoms with E-state index < -0.39 is 12.1 Å². The van der Waals surface area contributed by atoms with E-state index in [4.69, 9.17) is 5.73 Å². The Labute approximate surface area is 65.5 Å². The number of hydrogen-bond acceptors (Lipinski definition) is 2. The molecule has 0 aromatic carbocycles. The Hall–Kier alpha value is -1.46. The lowest BCUT2D eigenvalue weighted by molar-refractivity contribution is 0.227. The van der Waals surface area contributed by atoms with Gasteiger partial charge >= 0.3 is 12.1 Å². The third-order valence-electron chi connectivity index (χ3n) is 0.687. The summed E-state index contributed by atoms with van der Waals surface area (Å²) in [6.07, 6.45) is 0. The monoisotopic (exact) mass is 162 g/mol. The van der Waals surface area contributed by atoms with Crippen LogP contribution < -0.4 is 16.8 Å². The number of urea groups is 2. The summed E-state index contributed by atoms with van der Waals surface area (Å²) in [7, 11) is 4.67. The van der Waals surface area contributed by atoms with Crippen LogP contribution in [-0.4, -0.2) is 38.1 Å². The second-order valence-electron chi connectivity index (χ2n) is 1.85. The molecule has 0 radical (unpaired) electrons. The van der Waals surface area contributed by atoms with Crippen molar-refractivity contribution in [2.24, 2.45) is 11.5 Å². The van der Waals surface area contributed by atoms with Crippen LogP contribution in [0.3, 0.4) is 0 Å². The number of primary amides is 2. The molecule has 0 aliphatic rings. The molecular weight excluding hydrogens is 148 g/mol. The summed E-state index contributed by atoms with van der Waals surface area (Å²) in [6, 6.07) is -0.903. The fourth-order valence-electron chi connectivity index (χ4n) is 0. The Balaban J connectivity index is 0. The number of amides is 4. The van der Waals surface area contributed by atoms with E-state index >= 15 is 0 Å². The standard InChI is InChI=1S/C3H8N2O.C2H6N2O/c1-5(2)3(4)6;1-4-2(3)5/h1-2H3,(H2,4,6);1H3,(H3,3,4,5). The highest BCUT2D eigenvalue weighted by molar-refractivity contribution is 5.71. The highest BCUT2D eigenvalue weighted by atomic mass is 16.2. The van der Waals surface area contributed by atoms with Gasteiger partial charge in [-0.15, -0.1) is 0 Å². The van der Waals surface area contributed by atoms with Crippen molar-refractivity contribution in [2.75, 3.05) is 21.1 Å². The Morgan fingerprint density at radius 2 is 1.45 bits per heavy atom. The minimum atomic E-state index is -0.495. The maximum Gasteiger partial charge on any atom is 0.314 e. The first kappa shape index (κ1) is 12.2. The number of hydrogen-bond donors (Lipinski definition) is 3. The molecule has 6 nitrogen and oxygen atoms in total. The lowest BCUT2D eigenvalue weighted by atomic mass is 10.9. The lowest BCUT2D eigenvalue weighted by Gasteiger charge is -2.01. The number of nitrogens with one attached hydrogen (secondary N) is 1. The first-order valence-electron chi connectivity index (χ1n) is 2.85. The van der Waals surface area contributed by atoms with Gasteiger partial charge in [0.25, 0.3) is 0 Å². The summed E-state index contributed by atoms with van der Waals surface area (Å²) in [5.41, 5.74) is 9.26. The SMILES string of the molecule is CN(C)C(N)=O.CNC(N)=O. The second-order valence-corrected chi connectivity index (χ2v) is 1.85. The number of carbonyl (C=O) groups is 2. The van der Waals surface area contributed by atoms with Gasteiger partial charge in [-0.3, -0.25) is 0 Å². The van der Waals surface area contributed by atoms with Crippen LogP contribution in [0.4, 0.5) is 9.59 Å². The van der Waals surface area contributed by atoms with Crippen molar-refractivity contribution >= 4 is 12.1 Å². The normalized spacial score (nSPS) is 7.18. The quantitative estimate of drug-likeness (QED) is 0.421. The molecule has 0 bridgehead atoms. The van der Waals surface area contributed by atoms with Gasteiger partial charge in [-0.05, 0) is 0 Å². The van der Waals surface area contributed by atoms with E-state index in [0.717, 1.165) is 0 Å². The van der Waals surface area contributed by atoms with Crippen LogP contribution in [0.5, 0.6) is 0 Å². The summed E-state index contributed by atoms with van der Waals surface area (Å²) in [6.45, 7) is 0. The molecule has 5 N–H and O–H groups in total. The van der Waals surface area contributed by atoms with Gasteiger partial charge in [-0.1, -0.05) is 0 Å². The maximum atomic E-state index is 9.85. The van der Waals surface area contributed by atoms with E-state index in [9.17, 15) is 9.59 Å². The molecule has 0 rings (SSSR count). The maximum absolute atomic E-state index is 9.85. The Morgan fingerprint density at radius 3 is 1.45 bits per heavy atom. The molecular formula is C5H14N4O2. The van der Waals surface area contributed by atoms with Crippen molar-refractivity contribution < 1.29 is 9.59 Å². The van der Waals surface area contributed by atoms with Crippen LogP contribution in [0.1, 0.15) is 0 Å². The number of rotatable bonds is 0. The molecule has 66 valence electrons. The molecule has 0 saturated heterocycles. The van der Waals surface area contributed by atoms with E-state index in [1.165, 1.54) is 11.9 Å². The highest BCUT2D eigenvalue weighted by Crippen LogP contribution is 1.65. The Morgan fingerprint density at radius 1 is 1.27 bits per heavy atom. The second kappa shape index (κ2) is 6.66. The molecule has 0 aromatic rings. The summed E-state index contributed by atoms with van der Waals surface area (Å²) >= 11 is 0. The van der Waals surface area contributed by atoms with Crippen LogP contribution in [0.15, 0.2) is 0 Å². The summed E-state index contributed by atoms with van der Waals surface area (Å²) in [5, 5.41) is 2.17. The lowest BCUT2D eigenvalue weighted by Crippen LogP contribution is -2.27. The zero-order chi connectivity index (χ0) is 9.44. The largest absolute Gasteiger partial charge is 0.352 e. The summed E-state index contributed by atoms with van der Waals surface area (Å²) in [5.74, 6) is 0. The van der Waals surface area contributed by atoms with Crippen molar-refractivity contribution in [3.05, 3.63) is 0 Å². The smallest absolute Gasteiger partial charge is 0.314 e. The van der Waals surface area contributed by atoms with Crippen LogP contribution in [0.25, 0.3) is 0 Å². The molecule has 6 heteroatoms. The zero-order valence-corrected chi connectivity index (χ0v) is 6.92. The van der Waals surface area contributed by atoms with Gasteiger partial charge in [0.05, 0.1) is 0 Å². The number of carbonyl (C=O) groups excluding carboxylic acids is 2. The van der Waals surface area contributed by atoms with E-state index in [2.05, 4.69) is 11.1 Å². The minimum Gasteiger partial charge on any atom is -0.352 e. The molecule has 0 fully saturated rings. The minimum absolute atomic E-state index is 0.407. The zero-order valence-electron chi connectivity index (χ0n) is 6.92. The predicted molar refractivity (Wildman–Crippen MR) is 41.9 cm³/mol. The van der Waals surface area contributed by atoms with E-state index in [-0.39, 0.29) is 0 Å². The first-order chi connectivity index (χ1) is 4.91. The molecule has 0 unspecified atom stereocenters. The van der Waals surface area contributed by atoms with Crippen molar-refractivity contribution in [1.29, 1.82) is 0 Å². The van der Waals surface area contributed by atoms with Gasteiger partial charge in [0.2, 0.25) is 0 Å². The Bertz CT molecular complexity index is 134. The van der Waals surface area contributed by atoms with Crippen molar-refractivity contribution in [3.63, 3.8) is 0 Å². The van der Waals surface area contributed by atoms with Crippen LogP contribution in [0, 0.1) is 0 Å². The molecule has 4 amide bonds. The molecule has 0 saturated carbocycles. The topological polar surface area (TPSA) is 101 Å². The van der Waals surface area contributed by atoms with Crippen LogP contribution >= 0.6 is 0 Å². The van der Waals surface area contributed by atoms with Crippen molar-refractivity contribution in [1.82, 2.24) is 10.2 Å². The fraction of sp³-hybridized carbons (Fsp3) is 0.600. The molecule has 11 heavy (non-hydrogen) atoms. The summed E-state index contributed by atoms with van der Waals surface area (Å²) < 4.78 is 0. The van der Waals surface area contributed by atoms with Gasteiger partial charge in [-0.2, -0.15) is 0 Å². The van der Waals surface area contributed by atoms with E-state index in [1.807, 2.05) is 0 Å². The van der Waals surface area contributed by atoms with Crippen molar-refractivity contribution in [2.45, 2.75) is 0 Å². The summed E-state index contributed by atoms with van der Waals surface area (Å²) in [4.78, 5) is 20.6. The molecule has 0 heterocycles. The van der Waals surface area contributed by atoms with Gasteiger partial charge in [0.1, 0.15) is 0 Å². The first-order valence-corrected chi connectivity index (χ1v) is 2.85. The van der Waals surface area contributed by atoms with Crippen LogP contribution in [0.2, 0.25) is 0 Å². The fourth-order valence-corrected chi connectivity index (χ4v) is 0. The van der Waals surface area contributed by atoms with Crippen LogP contribution in [-0.2, 0) is 0 Å². The molecule has 0 aliphatic heterocycles. The molecule has 0 aromatic heterocycles. The van der Waals surface area contributed by atoms with E-state index in [1.54, 1.807) is 14.1 Å². The Kier molecular flexibility index (Phi) is 7.41. The average molecular weight is 162 g/mol. The van der Waals surface area contributed by atoms with Gasteiger partial charge in [-0.25, -0.2) is 9.59 Å². The third kappa shape index (κ3) is 17.7. The number of nitrogens with two attached hydrogens (primary N) is 2. The van der Waals surface area contributed by atoms with Gasteiger partial charge in [0, 0.05) is 21.1 Å². The molecule has 0 spiro atoms. The average Bonchev–Trinajstić information content (AvgIpc) is 1.89. The molecule has 0 aliphatic carbocycles. The predicted octanol–water partition coefficient (Wildman–Crippen LogP) is -1.09. The third-order valence-corrected chi connectivity index (χ3v) is 0.687. The van der Waals surface area contributed by atoms with Gasteiger partial charge < -0.3 is 21.7 Å². The molecule has 0 atom stereocenters.